The Hall–Kier alpha value is -1.45. The van der Waals surface area contributed by atoms with Gasteiger partial charge in [0.05, 0.1) is 4.92 Å². The number of nitro groups is 1. The molecule has 0 amide bonds. The van der Waals surface area contributed by atoms with Crippen molar-refractivity contribution < 1.29 is 9.31 Å². The summed E-state index contributed by atoms with van der Waals surface area (Å²) < 4.78 is 13.0. The maximum absolute atomic E-state index is 13.0. The lowest BCUT2D eigenvalue weighted by atomic mass is 10.1. The fraction of sp³-hybridized carbons (Fsp3) is 0.333. The van der Waals surface area contributed by atoms with E-state index in [2.05, 4.69) is 0 Å². The number of halogens is 1. The molecular weight excluding hydrogens is 173 g/mol. The molecule has 0 saturated carbocycles. The topological polar surface area (TPSA) is 43.1 Å². The molecule has 1 rings (SSSR count). The fourth-order valence-corrected chi connectivity index (χ4v) is 1.24. The van der Waals surface area contributed by atoms with Crippen molar-refractivity contribution in [2.45, 2.75) is 19.8 Å². The van der Waals surface area contributed by atoms with Crippen LogP contribution in [0.25, 0.3) is 0 Å². The smallest absolute Gasteiger partial charge is 0.258 e. The molecule has 0 unspecified atom stereocenters. The number of rotatable bonds is 3. The van der Waals surface area contributed by atoms with Crippen LogP contribution in [0.2, 0.25) is 0 Å². The summed E-state index contributed by atoms with van der Waals surface area (Å²) in [4.78, 5) is 9.82. The molecule has 0 atom stereocenters. The average Bonchev–Trinajstić information content (AvgIpc) is 2.04. The van der Waals surface area contributed by atoms with Gasteiger partial charge in [-0.1, -0.05) is 25.5 Å². The van der Waals surface area contributed by atoms with Gasteiger partial charge >= 0.3 is 5.69 Å². The molecule has 70 valence electrons. The van der Waals surface area contributed by atoms with Crippen LogP contribution >= 0.6 is 0 Å². The van der Waals surface area contributed by atoms with Gasteiger partial charge in [-0.25, -0.2) is 0 Å². The maximum Gasteiger partial charge on any atom is 0.307 e. The molecule has 0 aromatic heterocycles. The molecule has 1 aromatic rings. The van der Waals surface area contributed by atoms with E-state index in [1.54, 1.807) is 6.07 Å². The minimum Gasteiger partial charge on any atom is -0.258 e. The van der Waals surface area contributed by atoms with Gasteiger partial charge in [-0.15, -0.1) is 0 Å². The highest BCUT2D eigenvalue weighted by Crippen LogP contribution is 2.23. The molecule has 0 radical (unpaired) electrons. The lowest BCUT2D eigenvalue weighted by molar-refractivity contribution is -0.388. The van der Waals surface area contributed by atoms with E-state index in [4.69, 9.17) is 0 Å². The number of nitro benzene ring substituents is 1. The zero-order valence-corrected chi connectivity index (χ0v) is 7.29. The van der Waals surface area contributed by atoms with Crippen LogP contribution in [0.1, 0.15) is 18.9 Å². The molecule has 0 aliphatic heterocycles. The molecule has 0 bridgehead atoms. The second-order valence-corrected chi connectivity index (χ2v) is 2.75. The largest absolute Gasteiger partial charge is 0.307 e. The molecule has 0 spiro atoms. The van der Waals surface area contributed by atoms with Crippen LogP contribution in [0.5, 0.6) is 0 Å². The Morgan fingerprint density at radius 2 is 2.23 bits per heavy atom. The van der Waals surface area contributed by atoms with Gasteiger partial charge in [-0.3, -0.25) is 10.1 Å². The van der Waals surface area contributed by atoms with Crippen LogP contribution in [0, 0.1) is 15.9 Å². The van der Waals surface area contributed by atoms with Crippen molar-refractivity contribution in [3.05, 3.63) is 39.7 Å². The Labute approximate surface area is 75.3 Å². The van der Waals surface area contributed by atoms with Crippen molar-refractivity contribution in [3.8, 4) is 0 Å². The standard InChI is InChI=1S/C9H10FNO2/c1-2-4-7-5-3-6-8(10)9(7)11(12)13/h3,5-6H,2,4H2,1H3. The van der Waals surface area contributed by atoms with E-state index in [1.165, 1.54) is 6.07 Å². The van der Waals surface area contributed by atoms with E-state index < -0.39 is 10.7 Å². The lowest BCUT2D eigenvalue weighted by Gasteiger charge is -2.00. The zero-order chi connectivity index (χ0) is 9.84. The molecule has 1 aromatic carbocycles. The second kappa shape index (κ2) is 3.98. The first-order valence-corrected chi connectivity index (χ1v) is 4.08. The molecular formula is C9H10FNO2. The molecule has 0 saturated heterocycles. The van der Waals surface area contributed by atoms with Gasteiger partial charge < -0.3 is 0 Å². The summed E-state index contributed by atoms with van der Waals surface area (Å²) in [6.07, 6.45) is 1.30. The minimum atomic E-state index is -0.754. The average molecular weight is 183 g/mol. The van der Waals surface area contributed by atoms with Crippen LogP contribution in [-0.4, -0.2) is 4.92 Å². The Bertz CT molecular complexity index is 325. The van der Waals surface area contributed by atoms with Crippen LogP contribution in [0.3, 0.4) is 0 Å². The summed E-state index contributed by atoms with van der Waals surface area (Å²) >= 11 is 0. The van der Waals surface area contributed by atoms with Gasteiger partial charge in [0.15, 0.2) is 0 Å². The minimum absolute atomic E-state index is 0.385. The summed E-state index contributed by atoms with van der Waals surface area (Å²) in [5.41, 5.74) is 0.0804. The van der Waals surface area contributed by atoms with E-state index >= 15 is 0 Å². The van der Waals surface area contributed by atoms with Gasteiger partial charge in [0, 0.05) is 5.56 Å². The van der Waals surface area contributed by atoms with Gasteiger partial charge in [-0.05, 0) is 12.5 Å². The van der Waals surface area contributed by atoms with Gasteiger partial charge in [-0.2, -0.15) is 4.39 Å². The summed E-state index contributed by atoms with van der Waals surface area (Å²) in [6.45, 7) is 1.90. The summed E-state index contributed by atoms with van der Waals surface area (Å²) in [6, 6.07) is 4.19. The second-order valence-electron chi connectivity index (χ2n) is 2.75. The molecule has 0 aliphatic carbocycles. The molecule has 0 N–H and O–H groups in total. The normalized spacial score (nSPS) is 10.0. The highest BCUT2D eigenvalue weighted by Gasteiger charge is 2.18. The summed E-state index contributed by atoms with van der Waals surface area (Å²) in [7, 11) is 0. The third-order valence-corrected chi connectivity index (χ3v) is 1.77. The van der Waals surface area contributed by atoms with E-state index in [0.717, 1.165) is 12.5 Å². The lowest BCUT2D eigenvalue weighted by Crippen LogP contribution is -1.98. The fourth-order valence-electron chi connectivity index (χ4n) is 1.24. The zero-order valence-electron chi connectivity index (χ0n) is 7.29. The van der Waals surface area contributed by atoms with E-state index in [-0.39, 0.29) is 5.69 Å². The van der Waals surface area contributed by atoms with Gasteiger partial charge in [0.25, 0.3) is 0 Å². The van der Waals surface area contributed by atoms with E-state index in [9.17, 15) is 14.5 Å². The Morgan fingerprint density at radius 3 is 2.77 bits per heavy atom. The van der Waals surface area contributed by atoms with E-state index in [0.29, 0.717) is 12.0 Å². The maximum atomic E-state index is 13.0. The number of benzene rings is 1. The van der Waals surface area contributed by atoms with Crippen molar-refractivity contribution in [3.63, 3.8) is 0 Å². The first-order chi connectivity index (χ1) is 6.16. The van der Waals surface area contributed by atoms with Gasteiger partial charge in [0.2, 0.25) is 5.82 Å². The number of para-hydroxylation sites is 1. The monoisotopic (exact) mass is 183 g/mol. The van der Waals surface area contributed by atoms with Crippen molar-refractivity contribution in [2.24, 2.45) is 0 Å². The Balaban J connectivity index is 3.17. The third kappa shape index (κ3) is 2.02. The highest BCUT2D eigenvalue weighted by atomic mass is 19.1. The highest BCUT2D eigenvalue weighted by molar-refractivity contribution is 5.41. The predicted molar refractivity (Wildman–Crippen MR) is 47.0 cm³/mol. The first-order valence-electron chi connectivity index (χ1n) is 4.08. The van der Waals surface area contributed by atoms with Crippen molar-refractivity contribution in [1.29, 1.82) is 0 Å². The van der Waals surface area contributed by atoms with Gasteiger partial charge in [0.1, 0.15) is 0 Å². The summed E-state index contributed by atoms with van der Waals surface area (Å²) in [5.74, 6) is -0.754. The summed E-state index contributed by atoms with van der Waals surface area (Å²) in [5, 5.41) is 10.5. The van der Waals surface area contributed by atoms with Crippen molar-refractivity contribution >= 4 is 5.69 Å². The molecule has 0 aliphatic rings. The van der Waals surface area contributed by atoms with Crippen molar-refractivity contribution in [2.75, 3.05) is 0 Å². The molecule has 13 heavy (non-hydrogen) atoms. The van der Waals surface area contributed by atoms with Crippen LogP contribution in [0.4, 0.5) is 10.1 Å². The predicted octanol–water partition coefficient (Wildman–Crippen LogP) is 2.69. The number of aryl methyl sites for hydroxylation is 1. The molecule has 4 heteroatoms. The Kier molecular flexibility index (Phi) is 2.95. The molecule has 3 nitrogen and oxygen atoms in total. The molecule has 0 heterocycles. The number of hydrogen-bond acceptors (Lipinski definition) is 2. The third-order valence-electron chi connectivity index (χ3n) is 1.77. The number of hydrogen-bond donors (Lipinski definition) is 0. The van der Waals surface area contributed by atoms with Crippen LogP contribution in [0.15, 0.2) is 18.2 Å². The van der Waals surface area contributed by atoms with Crippen LogP contribution < -0.4 is 0 Å². The van der Waals surface area contributed by atoms with E-state index in [1.807, 2.05) is 6.92 Å². The quantitative estimate of drug-likeness (QED) is 0.534. The first kappa shape index (κ1) is 9.64. The molecule has 0 fully saturated rings. The number of nitrogens with zero attached hydrogens (tertiary/aromatic N) is 1. The SMILES string of the molecule is CCCc1cccc(F)c1[N+](=O)[O-]. The Morgan fingerprint density at radius 1 is 1.54 bits per heavy atom. The van der Waals surface area contributed by atoms with Crippen molar-refractivity contribution in [1.82, 2.24) is 0 Å². The van der Waals surface area contributed by atoms with Crippen LogP contribution in [-0.2, 0) is 6.42 Å².